The van der Waals surface area contributed by atoms with Crippen LogP contribution in [-0.2, 0) is 27.4 Å². The van der Waals surface area contributed by atoms with Crippen molar-refractivity contribution >= 4 is 17.8 Å². The van der Waals surface area contributed by atoms with Gasteiger partial charge in [-0.05, 0) is 44.2 Å². The molecule has 2 aliphatic rings. The smallest absolute Gasteiger partial charge is 0.309 e. The van der Waals surface area contributed by atoms with Crippen molar-refractivity contribution < 1.29 is 14.3 Å². The first-order valence-corrected chi connectivity index (χ1v) is 11.2. The molecule has 2 heterocycles. The second-order valence-electron chi connectivity index (χ2n) is 7.87. The Morgan fingerprint density at radius 2 is 1.77 bits per heavy atom. The molecule has 1 fully saturated rings. The first-order valence-electron chi connectivity index (χ1n) is 11.2. The number of fused-ring (bicyclic) bond motifs is 1. The van der Waals surface area contributed by atoms with Crippen LogP contribution < -0.4 is 5.32 Å². The van der Waals surface area contributed by atoms with E-state index in [9.17, 15) is 9.59 Å². The van der Waals surface area contributed by atoms with Crippen molar-refractivity contribution in [3.63, 3.8) is 0 Å². The maximum Gasteiger partial charge on any atom is 0.309 e. The highest BCUT2D eigenvalue weighted by atomic mass is 16.5. The van der Waals surface area contributed by atoms with E-state index in [-0.39, 0.29) is 17.8 Å². The minimum absolute atomic E-state index is 0.00807. The lowest BCUT2D eigenvalue weighted by Gasteiger charge is -2.33. The van der Waals surface area contributed by atoms with Crippen LogP contribution in [0.5, 0.6) is 0 Å². The minimum Gasteiger partial charge on any atom is -0.466 e. The Morgan fingerprint density at radius 1 is 1.10 bits per heavy atom. The molecule has 0 aliphatic carbocycles. The summed E-state index contributed by atoms with van der Waals surface area (Å²) < 4.78 is 5.15. The van der Waals surface area contributed by atoms with Gasteiger partial charge < -0.3 is 19.9 Å². The Balaban J connectivity index is 1.43. The van der Waals surface area contributed by atoms with Crippen LogP contribution in [0.25, 0.3) is 0 Å². The summed E-state index contributed by atoms with van der Waals surface area (Å²) in [6, 6.07) is 8.25. The summed E-state index contributed by atoms with van der Waals surface area (Å²) in [4.78, 5) is 33.3. The van der Waals surface area contributed by atoms with Crippen molar-refractivity contribution in [3.05, 3.63) is 35.4 Å². The Hall–Kier alpha value is -2.57. The second-order valence-corrected chi connectivity index (χ2v) is 7.87. The maximum absolute atomic E-state index is 12.5. The highest BCUT2D eigenvalue weighted by Gasteiger charge is 2.27. The van der Waals surface area contributed by atoms with Crippen LogP contribution in [0.2, 0.25) is 0 Å². The van der Waals surface area contributed by atoms with E-state index >= 15 is 0 Å². The van der Waals surface area contributed by atoms with Crippen molar-refractivity contribution in [2.45, 2.75) is 52.6 Å². The van der Waals surface area contributed by atoms with Gasteiger partial charge in [-0.3, -0.25) is 14.6 Å². The largest absolute Gasteiger partial charge is 0.466 e. The van der Waals surface area contributed by atoms with Crippen molar-refractivity contribution in [1.82, 2.24) is 15.1 Å². The fourth-order valence-electron chi connectivity index (χ4n) is 4.10. The van der Waals surface area contributed by atoms with Crippen molar-refractivity contribution in [2.24, 2.45) is 10.9 Å². The zero-order valence-corrected chi connectivity index (χ0v) is 18.2. The van der Waals surface area contributed by atoms with Gasteiger partial charge in [0.15, 0.2) is 5.96 Å². The summed E-state index contributed by atoms with van der Waals surface area (Å²) in [5.74, 6) is 0.982. The molecule has 0 aromatic heterocycles. The van der Waals surface area contributed by atoms with Gasteiger partial charge in [0, 0.05) is 45.7 Å². The fraction of sp³-hybridized carbons (Fsp3) is 0.609. The molecular weight excluding hydrogens is 380 g/mol. The molecule has 2 aliphatic heterocycles. The molecule has 7 nitrogen and oxygen atoms in total. The maximum atomic E-state index is 12.5. The van der Waals surface area contributed by atoms with Gasteiger partial charge in [0.25, 0.3) is 0 Å². The second kappa shape index (κ2) is 11.0. The number of amides is 1. The summed E-state index contributed by atoms with van der Waals surface area (Å²) in [6.45, 7) is 8.76. The highest BCUT2D eigenvalue weighted by Crippen LogP contribution is 2.23. The normalized spacial score (nSPS) is 17.1. The van der Waals surface area contributed by atoms with Gasteiger partial charge >= 0.3 is 5.97 Å². The fourth-order valence-corrected chi connectivity index (χ4v) is 4.10. The molecule has 7 heteroatoms. The minimum atomic E-state index is -0.0818. The predicted molar refractivity (Wildman–Crippen MR) is 117 cm³/mol. The Bertz CT molecular complexity index is 732. The molecule has 1 aromatic carbocycles. The summed E-state index contributed by atoms with van der Waals surface area (Å²) >= 11 is 0. The van der Waals surface area contributed by atoms with Gasteiger partial charge in [-0.2, -0.15) is 0 Å². The SMILES string of the molecule is CCNC(=NCCCC(=O)N1Cc2ccccc2C1)N1CCC(C(=O)OCC)CC1. The van der Waals surface area contributed by atoms with Crippen LogP contribution in [0.4, 0.5) is 0 Å². The number of guanidine groups is 1. The number of carbonyl (C=O) groups excluding carboxylic acids is 2. The number of rotatable bonds is 7. The Morgan fingerprint density at radius 3 is 2.37 bits per heavy atom. The third-order valence-electron chi connectivity index (χ3n) is 5.75. The molecule has 0 radical (unpaired) electrons. The number of nitrogens with one attached hydrogen (secondary N) is 1. The first kappa shape index (κ1) is 22.1. The monoisotopic (exact) mass is 414 g/mol. The van der Waals surface area contributed by atoms with Crippen LogP contribution in [0, 0.1) is 5.92 Å². The molecule has 0 saturated carbocycles. The number of hydrogen-bond donors (Lipinski definition) is 1. The molecule has 0 spiro atoms. The average Bonchev–Trinajstić information content (AvgIpc) is 3.20. The van der Waals surface area contributed by atoms with E-state index in [0.29, 0.717) is 19.6 Å². The van der Waals surface area contributed by atoms with Crippen LogP contribution in [-0.4, -0.2) is 60.4 Å². The lowest BCUT2D eigenvalue weighted by atomic mass is 9.97. The third-order valence-corrected chi connectivity index (χ3v) is 5.75. The number of carbonyl (C=O) groups is 2. The molecule has 1 N–H and O–H groups in total. The summed E-state index contributed by atoms with van der Waals surface area (Å²) in [6.07, 6.45) is 2.83. The summed E-state index contributed by atoms with van der Waals surface area (Å²) in [7, 11) is 0. The molecule has 0 atom stereocenters. The van der Waals surface area contributed by atoms with E-state index in [1.807, 2.05) is 24.0 Å². The number of nitrogens with zero attached hydrogens (tertiary/aromatic N) is 3. The van der Waals surface area contributed by atoms with E-state index in [0.717, 1.165) is 57.9 Å². The van der Waals surface area contributed by atoms with Crippen LogP contribution in [0.1, 0.15) is 50.7 Å². The molecule has 1 aromatic rings. The van der Waals surface area contributed by atoms with Crippen molar-refractivity contribution in [1.29, 1.82) is 0 Å². The molecule has 30 heavy (non-hydrogen) atoms. The molecular formula is C23H34N4O3. The lowest BCUT2D eigenvalue weighted by molar-refractivity contribution is -0.149. The summed E-state index contributed by atoms with van der Waals surface area (Å²) in [5, 5.41) is 3.34. The molecule has 1 amide bonds. The predicted octanol–water partition coefficient (Wildman–Crippen LogP) is 2.55. The number of benzene rings is 1. The number of likely N-dealkylation sites (tertiary alicyclic amines) is 1. The van der Waals surface area contributed by atoms with Crippen LogP contribution >= 0.6 is 0 Å². The van der Waals surface area contributed by atoms with E-state index < -0.39 is 0 Å². The highest BCUT2D eigenvalue weighted by molar-refractivity contribution is 5.81. The van der Waals surface area contributed by atoms with E-state index in [2.05, 4.69) is 29.3 Å². The van der Waals surface area contributed by atoms with Gasteiger partial charge in [0.1, 0.15) is 0 Å². The van der Waals surface area contributed by atoms with Gasteiger partial charge in [0.2, 0.25) is 5.91 Å². The number of aliphatic imine (C=N–C) groups is 1. The first-order chi connectivity index (χ1) is 14.6. The topological polar surface area (TPSA) is 74.2 Å². The van der Waals surface area contributed by atoms with Crippen LogP contribution in [0.3, 0.4) is 0 Å². The van der Waals surface area contributed by atoms with Gasteiger partial charge in [0.05, 0.1) is 12.5 Å². The Labute approximate surface area is 179 Å². The van der Waals surface area contributed by atoms with Gasteiger partial charge in [-0.15, -0.1) is 0 Å². The standard InChI is InChI=1S/C23H34N4O3/c1-3-24-23(26-14-11-18(12-15-26)22(29)30-4-2)25-13-7-10-21(28)27-16-19-8-5-6-9-20(19)17-27/h5-6,8-9,18H,3-4,7,10-17H2,1-2H3,(H,24,25). The van der Waals surface area contributed by atoms with E-state index in [4.69, 9.17) is 9.73 Å². The average molecular weight is 415 g/mol. The number of piperidine rings is 1. The van der Waals surface area contributed by atoms with Gasteiger partial charge in [-0.1, -0.05) is 24.3 Å². The molecule has 0 bridgehead atoms. The van der Waals surface area contributed by atoms with E-state index in [1.54, 1.807) is 0 Å². The lowest BCUT2D eigenvalue weighted by Crippen LogP contribution is -2.46. The quantitative estimate of drug-likeness (QED) is 0.321. The van der Waals surface area contributed by atoms with E-state index in [1.165, 1.54) is 11.1 Å². The zero-order chi connectivity index (χ0) is 21.3. The number of esters is 1. The third kappa shape index (κ3) is 5.74. The molecule has 164 valence electrons. The van der Waals surface area contributed by atoms with Crippen molar-refractivity contribution in [3.8, 4) is 0 Å². The number of ether oxygens (including phenoxy) is 1. The summed E-state index contributed by atoms with van der Waals surface area (Å²) in [5.41, 5.74) is 2.51. The molecule has 3 rings (SSSR count). The van der Waals surface area contributed by atoms with Crippen molar-refractivity contribution in [2.75, 3.05) is 32.8 Å². The molecule has 1 saturated heterocycles. The van der Waals surface area contributed by atoms with Crippen LogP contribution in [0.15, 0.2) is 29.3 Å². The number of hydrogen-bond acceptors (Lipinski definition) is 4. The Kier molecular flexibility index (Phi) is 8.11. The van der Waals surface area contributed by atoms with Gasteiger partial charge in [-0.25, -0.2) is 0 Å². The zero-order valence-electron chi connectivity index (χ0n) is 18.2. The molecule has 0 unspecified atom stereocenters.